The number of ether oxygens (including phenoxy) is 2. The summed E-state index contributed by atoms with van der Waals surface area (Å²) < 4.78 is 38.3. The van der Waals surface area contributed by atoms with Gasteiger partial charge >= 0.3 is 0 Å². The number of hydrogen-bond acceptors (Lipinski definition) is 8. The first-order chi connectivity index (χ1) is 15.4. The Hall–Kier alpha value is -3.15. The summed E-state index contributed by atoms with van der Waals surface area (Å²) in [5, 5.41) is 4.91. The molecule has 32 heavy (non-hydrogen) atoms. The first-order valence-corrected chi connectivity index (χ1v) is 12.5. The van der Waals surface area contributed by atoms with E-state index in [9.17, 15) is 13.2 Å². The number of anilines is 2. The quantitative estimate of drug-likeness (QED) is 0.398. The molecule has 2 aromatic heterocycles. The van der Waals surface area contributed by atoms with E-state index in [0.29, 0.717) is 16.6 Å². The van der Waals surface area contributed by atoms with Crippen LogP contribution >= 0.6 is 22.7 Å². The third kappa shape index (κ3) is 4.69. The van der Waals surface area contributed by atoms with Crippen molar-refractivity contribution in [3.05, 3.63) is 60.0 Å². The van der Waals surface area contributed by atoms with Crippen LogP contribution in [0.1, 0.15) is 0 Å². The number of nitrogens with zero attached hydrogens (tertiary/aromatic N) is 2. The normalized spacial score (nSPS) is 11.3. The van der Waals surface area contributed by atoms with Crippen LogP contribution in [0.3, 0.4) is 0 Å². The third-order valence-electron chi connectivity index (χ3n) is 4.52. The Morgan fingerprint density at radius 1 is 1.12 bits per heavy atom. The maximum Gasteiger partial charge on any atom is 0.273 e. The molecule has 0 aliphatic rings. The summed E-state index contributed by atoms with van der Waals surface area (Å²) in [5.74, 6) is 0.817. The molecule has 0 aliphatic heterocycles. The van der Waals surface area contributed by atoms with Gasteiger partial charge in [0.05, 0.1) is 23.0 Å². The first-order valence-electron chi connectivity index (χ1n) is 9.36. The number of thiazole rings is 1. The number of benzene rings is 2. The van der Waals surface area contributed by atoms with Crippen LogP contribution in [-0.4, -0.2) is 40.1 Å². The van der Waals surface area contributed by atoms with Crippen LogP contribution in [-0.2, 0) is 14.8 Å². The highest BCUT2D eigenvalue weighted by atomic mass is 32.2. The number of carbonyl (C=O) groups excluding carboxylic acids is 1. The number of nitrogens with one attached hydrogen (secondary N) is 1. The van der Waals surface area contributed by atoms with Crippen LogP contribution in [0.15, 0.2) is 64.2 Å². The van der Waals surface area contributed by atoms with Crippen molar-refractivity contribution in [2.24, 2.45) is 0 Å². The van der Waals surface area contributed by atoms with Gasteiger partial charge in [0.25, 0.3) is 15.9 Å². The highest BCUT2D eigenvalue weighted by Gasteiger charge is 2.22. The average molecular weight is 490 g/mol. The van der Waals surface area contributed by atoms with Gasteiger partial charge in [-0.1, -0.05) is 17.4 Å². The van der Waals surface area contributed by atoms with E-state index in [1.807, 2.05) is 18.2 Å². The molecule has 0 aliphatic carbocycles. The monoisotopic (exact) mass is 489 g/mol. The summed E-state index contributed by atoms with van der Waals surface area (Å²) in [6, 6.07) is 15.2. The van der Waals surface area contributed by atoms with Crippen LogP contribution in [0, 0.1) is 0 Å². The summed E-state index contributed by atoms with van der Waals surface area (Å²) in [7, 11) is -0.520. The second-order valence-corrected chi connectivity index (χ2v) is 10.8. The van der Waals surface area contributed by atoms with E-state index in [-0.39, 0.29) is 16.7 Å². The molecule has 0 saturated carbocycles. The molecule has 0 fully saturated rings. The molecule has 0 atom stereocenters. The minimum Gasteiger partial charge on any atom is -0.497 e. The van der Waals surface area contributed by atoms with Gasteiger partial charge in [-0.15, -0.1) is 11.3 Å². The van der Waals surface area contributed by atoms with Crippen LogP contribution in [0.2, 0.25) is 0 Å². The molecule has 2 heterocycles. The lowest BCUT2D eigenvalue weighted by Gasteiger charge is -2.18. The fourth-order valence-electron chi connectivity index (χ4n) is 2.83. The van der Waals surface area contributed by atoms with Crippen molar-refractivity contribution in [1.82, 2.24) is 4.98 Å². The molecule has 0 saturated heterocycles. The first kappa shape index (κ1) is 22.1. The zero-order valence-electron chi connectivity index (χ0n) is 17.1. The zero-order chi connectivity index (χ0) is 22.7. The number of thiophene rings is 1. The fourth-order valence-corrected chi connectivity index (χ4v) is 6.09. The highest BCUT2D eigenvalue weighted by Crippen LogP contribution is 2.29. The summed E-state index contributed by atoms with van der Waals surface area (Å²) in [5.41, 5.74) is 1.25. The number of fused-ring (bicyclic) bond motifs is 1. The van der Waals surface area contributed by atoms with Crippen molar-refractivity contribution < 1.29 is 22.7 Å². The molecule has 166 valence electrons. The lowest BCUT2D eigenvalue weighted by Crippen LogP contribution is -2.25. The maximum absolute atomic E-state index is 12.6. The predicted molar refractivity (Wildman–Crippen MR) is 127 cm³/mol. The Labute approximate surface area is 193 Å². The number of sulfonamides is 1. The van der Waals surface area contributed by atoms with Gasteiger partial charge in [0.15, 0.2) is 11.7 Å². The Morgan fingerprint density at radius 3 is 2.56 bits per heavy atom. The summed E-state index contributed by atoms with van der Waals surface area (Å²) in [6.07, 6.45) is 0. The molecule has 4 aromatic rings. The molecule has 0 spiro atoms. The van der Waals surface area contributed by atoms with E-state index in [2.05, 4.69) is 10.3 Å². The smallest absolute Gasteiger partial charge is 0.273 e. The van der Waals surface area contributed by atoms with Gasteiger partial charge in [0.1, 0.15) is 15.7 Å². The zero-order valence-corrected chi connectivity index (χ0v) is 19.6. The van der Waals surface area contributed by atoms with Gasteiger partial charge in [-0.3, -0.25) is 14.4 Å². The van der Waals surface area contributed by atoms with Gasteiger partial charge in [0, 0.05) is 7.05 Å². The van der Waals surface area contributed by atoms with E-state index in [4.69, 9.17) is 9.47 Å². The molecule has 8 nitrogen and oxygen atoms in total. The molecule has 11 heteroatoms. The number of amides is 1. The average Bonchev–Trinajstić information content (AvgIpc) is 3.47. The third-order valence-corrected chi connectivity index (χ3v) is 8.61. The van der Waals surface area contributed by atoms with E-state index >= 15 is 0 Å². The molecule has 0 radical (unpaired) electrons. The standard InChI is InChI=1S/C21H19N3O5S3/c1-24(32(26,27)20-4-3-11-30-20)14-5-7-15(8-6-14)29-13-19(25)23-21-22-17-10-9-16(28-2)12-18(17)31-21/h3-12H,13H2,1-2H3,(H,22,23,25). The molecular weight excluding hydrogens is 470 g/mol. The van der Waals surface area contributed by atoms with Gasteiger partial charge in [0.2, 0.25) is 0 Å². The van der Waals surface area contributed by atoms with Gasteiger partial charge in [-0.05, 0) is 53.9 Å². The molecule has 1 N–H and O–H groups in total. The van der Waals surface area contributed by atoms with E-state index in [1.165, 1.54) is 22.7 Å². The van der Waals surface area contributed by atoms with Gasteiger partial charge < -0.3 is 9.47 Å². The lowest BCUT2D eigenvalue weighted by atomic mass is 10.3. The second kappa shape index (κ2) is 9.15. The molecule has 4 rings (SSSR count). The maximum atomic E-state index is 12.6. The summed E-state index contributed by atoms with van der Waals surface area (Å²) in [6.45, 7) is -0.206. The Bertz CT molecular complexity index is 1330. The summed E-state index contributed by atoms with van der Waals surface area (Å²) in [4.78, 5) is 16.6. The van der Waals surface area contributed by atoms with Crippen LogP contribution in [0.5, 0.6) is 11.5 Å². The van der Waals surface area contributed by atoms with Crippen molar-refractivity contribution in [3.63, 3.8) is 0 Å². The van der Waals surface area contributed by atoms with E-state index < -0.39 is 10.0 Å². The number of rotatable bonds is 8. The van der Waals surface area contributed by atoms with Crippen LogP contribution in [0.4, 0.5) is 10.8 Å². The van der Waals surface area contributed by atoms with Crippen LogP contribution in [0.25, 0.3) is 10.2 Å². The minimum absolute atomic E-state index is 0.206. The Balaban J connectivity index is 1.35. The Morgan fingerprint density at radius 2 is 1.88 bits per heavy atom. The molecule has 0 bridgehead atoms. The van der Waals surface area contributed by atoms with Crippen molar-refractivity contribution in [1.29, 1.82) is 0 Å². The van der Waals surface area contributed by atoms with E-state index in [1.54, 1.807) is 48.9 Å². The lowest BCUT2D eigenvalue weighted by molar-refractivity contribution is -0.118. The SMILES string of the molecule is COc1ccc2nc(NC(=O)COc3ccc(N(C)S(=O)(=O)c4cccs4)cc3)sc2c1. The highest BCUT2D eigenvalue weighted by molar-refractivity contribution is 7.94. The Kier molecular flexibility index (Phi) is 6.31. The molecule has 1 amide bonds. The molecule has 2 aromatic carbocycles. The minimum atomic E-state index is -3.60. The topological polar surface area (TPSA) is 97.8 Å². The number of methoxy groups -OCH3 is 1. The number of carbonyl (C=O) groups is 1. The number of hydrogen-bond donors (Lipinski definition) is 1. The van der Waals surface area contributed by atoms with Gasteiger partial charge in [-0.25, -0.2) is 13.4 Å². The second-order valence-electron chi connectivity index (χ2n) is 6.59. The molecular formula is C21H19N3O5S3. The largest absolute Gasteiger partial charge is 0.497 e. The van der Waals surface area contributed by atoms with Gasteiger partial charge in [-0.2, -0.15) is 0 Å². The van der Waals surface area contributed by atoms with Crippen molar-refractivity contribution in [3.8, 4) is 11.5 Å². The summed E-state index contributed by atoms with van der Waals surface area (Å²) >= 11 is 2.50. The number of aromatic nitrogens is 1. The van der Waals surface area contributed by atoms with Crippen molar-refractivity contribution in [2.75, 3.05) is 30.4 Å². The molecule has 0 unspecified atom stereocenters. The fraction of sp³-hybridized carbons (Fsp3) is 0.143. The van der Waals surface area contributed by atoms with Crippen molar-refractivity contribution >= 4 is 59.6 Å². The van der Waals surface area contributed by atoms with Crippen molar-refractivity contribution in [2.45, 2.75) is 4.21 Å². The van der Waals surface area contributed by atoms with E-state index in [0.717, 1.165) is 27.3 Å². The predicted octanol–water partition coefficient (Wildman–Crippen LogP) is 4.21. The van der Waals surface area contributed by atoms with Crippen LogP contribution < -0.4 is 19.1 Å².